The number of carbonyl (C=O) groups excluding carboxylic acids is 1. The van der Waals surface area contributed by atoms with Gasteiger partial charge in [-0.15, -0.1) is 0 Å². The van der Waals surface area contributed by atoms with Gasteiger partial charge in [0.2, 0.25) is 5.91 Å². The molecule has 1 aliphatic heterocycles. The summed E-state index contributed by atoms with van der Waals surface area (Å²) in [6, 6.07) is 9.85. The second-order valence-corrected chi connectivity index (χ2v) is 6.20. The number of carbonyl (C=O) groups is 1. The summed E-state index contributed by atoms with van der Waals surface area (Å²) < 4.78 is 13.1. The Balaban J connectivity index is 1.59. The zero-order valence-electron chi connectivity index (χ0n) is 14.3. The lowest BCUT2D eigenvalue weighted by Gasteiger charge is -2.32. The van der Waals surface area contributed by atoms with Crippen molar-refractivity contribution in [3.05, 3.63) is 64.6 Å². The summed E-state index contributed by atoms with van der Waals surface area (Å²) in [6.45, 7) is 1.07. The first-order valence-corrected chi connectivity index (χ1v) is 8.54. The van der Waals surface area contributed by atoms with Gasteiger partial charge in [0, 0.05) is 31.1 Å². The highest BCUT2D eigenvalue weighted by Gasteiger charge is 2.29. The van der Waals surface area contributed by atoms with Gasteiger partial charge < -0.3 is 24.5 Å². The quantitative estimate of drug-likeness (QED) is 0.793. The standard InChI is InChI=1S/C19H22N2O5/c22-12-14-1-3-16(4-2-14)26-18-13-25-10-7-17(18)20-19(24)11-21-8-5-15(23)6-9-21/h1-6,8-9,17-18,22H,7,10-13H2,(H,20,24)/t17-,18-/m1/s1. The largest absolute Gasteiger partial charge is 0.486 e. The molecule has 2 aromatic rings. The van der Waals surface area contributed by atoms with E-state index in [9.17, 15) is 9.59 Å². The molecule has 1 fully saturated rings. The molecule has 1 aromatic heterocycles. The molecule has 7 heteroatoms. The third-order valence-corrected chi connectivity index (χ3v) is 4.23. The van der Waals surface area contributed by atoms with Crippen LogP contribution in [0, 0.1) is 0 Å². The van der Waals surface area contributed by atoms with Crippen molar-refractivity contribution in [1.82, 2.24) is 9.88 Å². The molecule has 1 amide bonds. The van der Waals surface area contributed by atoms with Gasteiger partial charge in [0.15, 0.2) is 5.43 Å². The van der Waals surface area contributed by atoms with E-state index in [-0.39, 0.29) is 36.6 Å². The molecule has 0 unspecified atom stereocenters. The molecule has 2 N–H and O–H groups in total. The molecule has 1 aliphatic rings. The van der Waals surface area contributed by atoms with Crippen molar-refractivity contribution in [3.63, 3.8) is 0 Å². The first-order chi connectivity index (χ1) is 12.6. The van der Waals surface area contributed by atoms with E-state index in [0.29, 0.717) is 25.4 Å². The molecule has 1 saturated heterocycles. The molecule has 0 bridgehead atoms. The Labute approximate surface area is 151 Å². The number of aliphatic hydroxyl groups is 1. The van der Waals surface area contributed by atoms with Crippen LogP contribution in [-0.2, 0) is 22.7 Å². The molecule has 0 radical (unpaired) electrons. The van der Waals surface area contributed by atoms with E-state index in [2.05, 4.69) is 5.32 Å². The van der Waals surface area contributed by atoms with Gasteiger partial charge in [-0.25, -0.2) is 0 Å². The van der Waals surface area contributed by atoms with Gasteiger partial charge in [0.1, 0.15) is 18.4 Å². The maximum absolute atomic E-state index is 12.3. The molecule has 2 heterocycles. The zero-order valence-corrected chi connectivity index (χ0v) is 14.3. The molecule has 3 rings (SSSR count). The summed E-state index contributed by atoms with van der Waals surface area (Å²) in [5, 5.41) is 12.1. The third kappa shape index (κ3) is 4.93. The van der Waals surface area contributed by atoms with Gasteiger partial charge in [-0.05, 0) is 24.1 Å². The van der Waals surface area contributed by atoms with Crippen molar-refractivity contribution < 1.29 is 19.4 Å². The monoisotopic (exact) mass is 358 g/mol. The first-order valence-electron chi connectivity index (χ1n) is 8.54. The van der Waals surface area contributed by atoms with Crippen molar-refractivity contribution in [1.29, 1.82) is 0 Å². The summed E-state index contributed by atoms with van der Waals surface area (Å²) in [5.74, 6) is 0.516. The molecule has 0 spiro atoms. The Morgan fingerprint density at radius 1 is 1.23 bits per heavy atom. The van der Waals surface area contributed by atoms with E-state index in [0.717, 1.165) is 5.56 Å². The minimum absolute atomic E-state index is 0.0174. The van der Waals surface area contributed by atoms with E-state index in [1.807, 2.05) is 0 Å². The van der Waals surface area contributed by atoms with Crippen LogP contribution in [0.15, 0.2) is 53.6 Å². The maximum Gasteiger partial charge on any atom is 0.240 e. The van der Waals surface area contributed by atoms with E-state index in [4.69, 9.17) is 14.6 Å². The molecule has 0 saturated carbocycles. The number of rotatable bonds is 6. The molecule has 0 aliphatic carbocycles. The van der Waals surface area contributed by atoms with E-state index in [1.54, 1.807) is 41.2 Å². The molecule has 7 nitrogen and oxygen atoms in total. The minimum atomic E-state index is -0.290. The number of aliphatic hydroxyl groups excluding tert-OH is 1. The fourth-order valence-electron chi connectivity index (χ4n) is 2.81. The summed E-state index contributed by atoms with van der Waals surface area (Å²) in [6.07, 6.45) is 3.54. The Hall–Kier alpha value is -2.64. The number of amides is 1. The van der Waals surface area contributed by atoms with E-state index in [1.165, 1.54) is 12.1 Å². The molecule has 2 atom stereocenters. The number of aromatic nitrogens is 1. The van der Waals surface area contributed by atoms with Gasteiger partial charge in [-0.3, -0.25) is 9.59 Å². The minimum Gasteiger partial charge on any atom is -0.486 e. The molecular formula is C19H22N2O5. The van der Waals surface area contributed by atoms with E-state index >= 15 is 0 Å². The van der Waals surface area contributed by atoms with Crippen molar-refractivity contribution in [3.8, 4) is 5.75 Å². The van der Waals surface area contributed by atoms with Crippen LogP contribution in [0.3, 0.4) is 0 Å². The number of nitrogens with one attached hydrogen (secondary N) is 1. The average Bonchev–Trinajstić information content (AvgIpc) is 2.66. The number of hydrogen-bond donors (Lipinski definition) is 2. The normalized spacial score (nSPS) is 19.7. The lowest BCUT2D eigenvalue weighted by Crippen LogP contribution is -2.52. The second kappa shape index (κ2) is 8.64. The summed E-state index contributed by atoms with van der Waals surface area (Å²) in [7, 11) is 0. The Bertz CT molecular complexity index is 767. The Morgan fingerprint density at radius 3 is 2.65 bits per heavy atom. The summed E-state index contributed by atoms with van der Waals surface area (Å²) >= 11 is 0. The molecule has 1 aromatic carbocycles. The van der Waals surface area contributed by atoms with Crippen molar-refractivity contribution in [2.45, 2.75) is 31.7 Å². The highest BCUT2D eigenvalue weighted by molar-refractivity contribution is 5.76. The Morgan fingerprint density at radius 2 is 1.96 bits per heavy atom. The summed E-state index contributed by atoms with van der Waals surface area (Å²) in [5.41, 5.74) is 0.718. The van der Waals surface area contributed by atoms with Crippen LogP contribution < -0.4 is 15.5 Å². The molecule has 138 valence electrons. The predicted octanol–water partition coefficient (Wildman–Crippen LogP) is 0.693. The van der Waals surface area contributed by atoms with Crippen LogP contribution >= 0.6 is 0 Å². The van der Waals surface area contributed by atoms with Crippen LogP contribution in [0.1, 0.15) is 12.0 Å². The summed E-state index contributed by atoms with van der Waals surface area (Å²) in [4.78, 5) is 23.4. The van der Waals surface area contributed by atoms with Crippen molar-refractivity contribution >= 4 is 5.91 Å². The van der Waals surface area contributed by atoms with Gasteiger partial charge in [-0.2, -0.15) is 0 Å². The van der Waals surface area contributed by atoms with Crippen molar-refractivity contribution in [2.75, 3.05) is 13.2 Å². The smallest absolute Gasteiger partial charge is 0.240 e. The lowest BCUT2D eigenvalue weighted by atomic mass is 10.1. The zero-order chi connectivity index (χ0) is 18.4. The number of pyridine rings is 1. The Kier molecular flexibility index (Phi) is 6.04. The first kappa shape index (κ1) is 18.2. The fourth-order valence-corrected chi connectivity index (χ4v) is 2.81. The lowest BCUT2D eigenvalue weighted by molar-refractivity contribution is -0.124. The van der Waals surface area contributed by atoms with Crippen LogP contribution in [0.5, 0.6) is 5.75 Å². The van der Waals surface area contributed by atoms with Crippen LogP contribution in [0.25, 0.3) is 0 Å². The second-order valence-electron chi connectivity index (χ2n) is 6.20. The average molecular weight is 358 g/mol. The number of hydrogen-bond acceptors (Lipinski definition) is 5. The van der Waals surface area contributed by atoms with Gasteiger partial charge >= 0.3 is 0 Å². The number of ether oxygens (including phenoxy) is 2. The number of nitrogens with zero attached hydrogens (tertiary/aromatic N) is 1. The van der Waals surface area contributed by atoms with Crippen molar-refractivity contribution in [2.24, 2.45) is 0 Å². The highest BCUT2D eigenvalue weighted by Crippen LogP contribution is 2.18. The van der Waals surface area contributed by atoms with Crippen LogP contribution in [0.2, 0.25) is 0 Å². The predicted molar refractivity (Wildman–Crippen MR) is 94.8 cm³/mol. The van der Waals surface area contributed by atoms with Gasteiger partial charge in [0.25, 0.3) is 0 Å². The van der Waals surface area contributed by atoms with Crippen LogP contribution in [-0.4, -0.2) is 40.9 Å². The van der Waals surface area contributed by atoms with E-state index < -0.39 is 0 Å². The van der Waals surface area contributed by atoms with Gasteiger partial charge in [-0.1, -0.05) is 12.1 Å². The highest BCUT2D eigenvalue weighted by atomic mass is 16.5. The maximum atomic E-state index is 12.3. The number of benzene rings is 1. The molecular weight excluding hydrogens is 336 g/mol. The fraction of sp³-hybridized carbons (Fsp3) is 0.368. The SMILES string of the molecule is O=C(Cn1ccc(=O)cc1)N[C@@H]1CCOC[C@H]1Oc1ccc(CO)cc1. The molecule has 26 heavy (non-hydrogen) atoms. The van der Waals surface area contributed by atoms with Gasteiger partial charge in [0.05, 0.1) is 19.3 Å². The van der Waals surface area contributed by atoms with Crippen LogP contribution in [0.4, 0.5) is 0 Å². The third-order valence-electron chi connectivity index (χ3n) is 4.23. The topological polar surface area (TPSA) is 89.8 Å².